The number of aryl methyl sites for hydroxylation is 2. The number of rotatable bonds is 1. The van der Waals surface area contributed by atoms with Gasteiger partial charge in [0, 0.05) is 25.7 Å². The summed E-state index contributed by atoms with van der Waals surface area (Å²) in [5, 5.41) is 2.56. The van der Waals surface area contributed by atoms with Crippen molar-refractivity contribution in [3.63, 3.8) is 0 Å². The lowest BCUT2D eigenvalue weighted by atomic mass is 10.1. The zero-order valence-corrected chi connectivity index (χ0v) is 12.6. The second-order valence-electron chi connectivity index (χ2n) is 5.03. The third-order valence-electron chi connectivity index (χ3n) is 3.50. The average molecular weight is 291 g/mol. The van der Waals surface area contributed by atoms with Gasteiger partial charge in [0.25, 0.3) is 0 Å². The molecular formula is C17H13N3S. The SMILES string of the molecule is Cc1nc(C)nc(-c2cccc3c2sc2ccccc23)n1. The first-order valence-electron chi connectivity index (χ1n) is 6.82. The van der Waals surface area contributed by atoms with Crippen molar-refractivity contribution in [2.75, 3.05) is 0 Å². The van der Waals surface area contributed by atoms with Gasteiger partial charge in [-0.05, 0) is 26.0 Å². The van der Waals surface area contributed by atoms with E-state index in [-0.39, 0.29) is 0 Å². The Morgan fingerprint density at radius 3 is 2.29 bits per heavy atom. The zero-order valence-electron chi connectivity index (χ0n) is 11.8. The maximum Gasteiger partial charge on any atom is 0.164 e. The maximum absolute atomic E-state index is 4.51. The van der Waals surface area contributed by atoms with Gasteiger partial charge in [0.2, 0.25) is 0 Å². The third kappa shape index (κ3) is 1.99. The van der Waals surface area contributed by atoms with Crippen LogP contribution >= 0.6 is 11.3 Å². The third-order valence-corrected chi connectivity index (χ3v) is 4.72. The van der Waals surface area contributed by atoms with E-state index in [4.69, 9.17) is 0 Å². The first kappa shape index (κ1) is 12.4. The monoisotopic (exact) mass is 291 g/mol. The van der Waals surface area contributed by atoms with Gasteiger partial charge in [-0.2, -0.15) is 0 Å². The van der Waals surface area contributed by atoms with E-state index in [1.54, 1.807) is 11.3 Å². The number of benzene rings is 2. The van der Waals surface area contributed by atoms with Crippen molar-refractivity contribution >= 4 is 31.5 Å². The summed E-state index contributed by atoms with van der Waals surface area (Å²) in [6.07, 6.45) is 0. The number of fused-ring (bicyclic) bond motifs is 3. The predicted molar refractivity (Wildman–Crippen MR) is 87.6 cm³/mol. The molecule has 0 bridgehead atoms. The van der Waals surface area contributed by atoms with Crippen LogP contribution in [0.4, 0.5) is 0 Å². The molecule has 0 spiro atoms. The van der Waals surface area contributed by atoms with Crippen LogP contribution in [0.1, 0.15) is 11.6 Å². The highest BCUT2D eigenvalue weighted by Gasteiger charge is 2.12. The van der Waals surface area contributed by atoms with Gasteiger partial charge in [0.1, 0.15) is 11.6 Å². The molecule has 0 fully saturated rings. The Hall–Kier alpha value is -2.33. The van der Waals surface area contributed by atoms with E-state index in [2.05, 4.69) is 57.4 Å². The Kier molecular flexibility index (Phi) is 2.72. The standard InChI is InChI=1S/C17H13N3S/c1-10-18-11(2)20-17(19-10)14-8-5-7-13-12-6-3-4-9-15(12)21-16(13)14/h3-9H,1-2H3. The molecule has 3 nitrogen and oxygen atoms in total. The molecule has 102 valence electrons. The summed E-state index contributed by atoms with van der Waals surface area (Å²) in [4.78, 5) is 13.3. The fourth-order valence-corrected chi connectivity index (χ4v) is 3.87. The van der Waals surface area contributed by atoms with Crippen LogP contribution in [0.2, 0.25) is 0 Å². The summed E-state index contributed by atoms with van der Waals surface area (Å²) >= 11 is 1.79. The molecule has 4 heteroatoms. The number of hydrogen-bond acceptors (Lipinski definition) is 4. The van der Waals surface area contributed by atoms with Gasteiger partial charge >= 0.3 is 0 Å². The normalized spacial score (nSPS) is 11.3. The Morgan fingerprint density at radius 1 is 0.762 bits per heavy atom. The maximum atomic E-state index is 4.51. The fourth-order valence-electron chi connectivity index (χ4n) is 2.66. The summed E-state index contributed by atoms with van der Waals surface area (Å²) in [7, 11) is 0. The molecule has 0 radical (unpaired) electrons. The molecule has 4 rings (SSSR count). The van der Waals surface area contributed by atoms with E-state index < -0.39 is 0 Å². The van der Waals surface area contributed by atoms with Crippen LogP contribution in [-0.4, -0.2) is 15.0 Å². The summed E-state index contributed by atoms with van der Waals surface area (Å²) in [5.74, 6) is 2.28. The van der Waals surface area contributed by atoms with Crippen LogP contribution < -0.4 is 0 Å². The molecule has 0 unspecified atom stereocenters. The number of nitrogens with zero attached hydrogens (tertiary/aromatic N) is 3. The van der Waals surface area contributed by atoms with Gasteiger partial charge in [0.05, 0.1) is 0 Å². The van der Waals surface area contributed by atoms with E-state index in [9.17, 15) is 0 Å². The lowest BCUT2D eigenvalue weighted by Gasteiger charge is -2.04. The quantitative estimate of drug-likeness (QED) is 0.517. The summed E-state index contributed by atoms with van der Waals surface area (Å²) in [6.45, 7) is 3.81. The second kappa shape index (κ2) is 4.60. The van der Waals surface area contributed by atoms with Crippen molar-refractivity contribution in [1.82, 2.24) is 15.0 Å². The van der Waals surface area contributed by atoms with E-state index in [0.717, 1.165) is 23.0 Å². The summed E-state index contributed by atoms with van der Waals surface area (Å²) < 4.78 is 2.53. The highest BCUT2D eigenvalue weighted by atomic mass is 32.1. The topological polar surface area (TPSA) is 38.7 Å². The molecule has 2 aromatic carbocycles. The Labute approximate surface area is 126 Å². The van der Waals surface area contributed by atoms with Crippen LogP contribution in [0.5, 0.6) is 0 Å². The Balaban J connectivity index is 2.09. The Bertz CT molecular complexity index is 952. The number of hydrogen-bond donors (Lipinski definition) is 0. The highest BCUT2D eigenvalue weighted by Crippen LogP contribution is 2.38. The molecule has 0 aliphatic rings. The zero-order chi connectivity index (χ0) is 14.4. The van der Waals surface area contributed by atoms with Gasteiger partial charge in [-0.1, -0.05) is 30.3 Å². The molecule has 0 saturated carbocycles. The Morgan fingerprint density at radius 2 is 1.48 bits per heavy atom. The van der Waals surface area contributed by atoms with Crippen LogP contribution in [-0.2, 0) is 0 Å². The van der Waals surface area contributed by atoms with Crippen molar-refractivity contribution < 1.29 is 0 Å². The minimum Gasteiger partial charge on any atom is -0.219 e. The van der Waals surface area contributed by atoms with Crippen LogP contribution in [0.3, 0.4) is 0 Å². The highest BCUT2D eigenvalue weighted by molar-refractivity contribution is 7.26. The molecular weight excluding hydrogens is 278 g/mol. The minimum absolute atomic E-state index is 0.760. The molecule has 0 saturated heterocycles. The van der Waals surface area contributed by atoms with E-state index in [0.29, 0.717) is 0 Å². The molecule has 0 amide bonds. The van der Waals surface area contributed by atoms with E-state index in [1.165, 1.54) is 20.2 Å². The van der Waals surface area contributed by atoms with Gasteiger partial charge in [-0.3, -0.25) is 0 Å². The van der Waals surface area contributed by atoms with Crippen molar-refractivity contribution in [3.05, 3.63) is 54.1 Å². The lowest BCUT2D eigenvalue weighted by Crippen LogP contribution is -1.98. The summed E-state index contributed by atoms with van der Waals surface area (Å²) in [5.41, 5.74) is 1.09. The largest absolute Gasteiger partial charge is 0.219 e. The van der Waals surface area contributed by atoms with Gasteiger partial charge in [0.15, 0.2) is 5.82 Å². The van der Waals surface area contributed by atoms with Crippen LogP contribution in [0.25, 0.3) is 31.6 Å². The predicted octanol–water partition coefficient (Wildman–Crippen LogP) is 4.52. The molecule has 0 aliphatic heterocycles. The van der Waals surface area contributed by atoms with Gasteiger partial charge < -0.3 is 0 Å². The first-order valence-corrected chi connectivity index (χ1v) is 7.64. The molecule has 21 heavy (non-hydrogen) atoms. The van der Waals surface area contributed by atoms with E-state index >= 15 is 0 Å². The first-order chi connectivity index (χ1) is 10.2. The number of thiophene rings is 1. The van der Waals surface area contributed by atoms with Crippen molar-refractivity contribution in [2.24, 2.45) is 0 Å². The molecule has 2 heterocycles. The lowest BCUT2D eigenvalue weighted by molar-refractivity contribution is 0.930. The molecule has 4 aromatic rings. The molecule has 0 aliphatic carbocycles. The summed E-state index contributed by atoms with van der Waals surface area (Å²) in [6, 6.07) is 14.8. The molecule has 2 aromatic heterocycles. The van der Waals surface area contributed by atoms with Crippen LogP contribution in [0, 0.1) is 13.8 Å². The minimum atomic E-state index is 0.760. The molecule has 0 atom stereocenters. The number of aromatic nitrogens is 3. The van der Waals surface area contributed by atoms with Crippen molar-refractivity contribution in [3.8, 4) is 11.4 Å². The van der Waals surface area contributed by atoms with Crippen LogP contribution in [0.15, 0.2) is 42.5 Å². The molecule has 0 N–H and O–H groups in total. The van der Waals surface area contributed by atoms with Crippen molar-refractivity contribution in [1.29, 1.82) is 0 Å². The smallest absolute Gasteiger partial charge is 0.164 e. The van der Waals surface area contributed by atoms with Gasteiger partial charge in [-0.25, -0.2) is 15.0 Å². The fraction of sp³-hybridized carbons (Fsp3) is 0.118. The van der Waals surface area contributed by atoms with Gasteiger partial charge in [-0.15, -0.1) is 11.3 Å². The van der Waals surface area contributed by atoms with E-state index in [1.807, 2.05) is 13.8 Å². The average Bonchev–Trinajstić information content (AvgIpc) is 2.84. The van der Waals surface area contributed by atoms with Crippen molar-refractivity contribution in [2.45, 2.75) is 13.8 Å². The second-order valence-corrected chi connectivity index (χ2v) is 6.09.